The molecule has 0 bridgehead atoms. The van der Waals surface area contributed by atoms with E-state index in [2.05, 4.69) is 24.3 Å². The third-order valence-corrected chi connectivity index (χ3v) is 5.53. The summed E-state index contributed by atoms with van der Waals surface area (Å²) in [5.74, 6) is 0.599. The summed E-state index contributed by atoms with van der Waals surface area (Å²) < 4.78 is 11.6. The van der Waals surface area contributed by atoms with Gasteiger partial charge in [-0.05, 0) is 78.6 Å². The second-order valence-electron chi connectivity index (χ2n) is 7.82. The van der Waals surface area contributed by atoms with Crippen LogP contribution in [0.1, 0.15) is 53.2 Å². The summed E-state index contributed by atoms with van der Waals surface area (Å²) in [7, 11) is 0. The molecule has 0 radical (unpaired) electrons. The molecule has 154 valence electrons. The molecule has 0 N–H and O–H groups in total. The average Bonchev–Trinajstić information content (AvgIpc) is 2.81. The lowest BCUT2D eigenvalue weighted by Crippen LogP contribution is -2.07. The number of hydrogen-bond acceptors (Lipinski definition) is 3. The van der Waals surface area contributed by atoms with Crippen molar-refractivity contribution in [2.75, 3.05) is 6.61 Å². The van der Waals surface area contributed by atoms with Crippen LogP contribution in [0.5, 0.6) is 5.75 Å². The predicted octanol–water partition coefficient (Wildman–Crippen LogP) is 6.38. The first-order chi connectivity index (χ1) is 14.7. The van der Waals surface area contributed by atoms with Gasteiger partial charge in [0.2, 0.25) is 0 Å². The second kappa shape index (κ2) is 9.62. The van der Waals surface area contributed by atoms with Crippen LogP contribution in [-0.4, -0.2) is 12.6 Å². The van der Waals surface area contributed by atoms with Gasteiger partial charge in [-0.3, -0.25) is 0 Å². The quantitative estimate of drug-likeness (QED) is 0.432. The molecular weight excluding hydrogens is 372 g/mol. The molecule has 0 unspecified atom stereocenters. The molecule has 0 fully saturated rings. The molecule has 3 aromatic rings. The van der Waals surface area contributed by atoms with E-state index in [9.17, 15) is 4.79 Å². The molecule has 0 saturated heterocycles. The molecule has 1 aliphatic rings. The summed E-state index contributed by atoms with van der Waals surface area (Å²) in [6.45, 7) is 2.95. The van der Waals surface area contributed by atoms with Crippen LogP contribution in [0, 0.1) is 0 Å². The molecule has 0 aromatic heterocycles. The average molecular weight is 401 g/mol. The van der Waals surface area contributed by atoms with Crippen LogP contribution in [0.3, 0.4) is 0 Å². The van der Waals surface area contributed by atoms with Crippen LogP contribution in [-0.2, 0) is 24.2 Å². The fraction of sp³-hybridized carbons (Fsp3) is 0.296. The normalized spacial score (nSPS) is 12.8. The third-order valence-electron chi connectivity index (χ3n) is 5.53. The first kappa shape index (κ1) is 20.2. The lowest BCUT2D eigenvalue weighted by atomic mass is 9.88. The van der Waals surface area contributed by atoms with Gasteiger partial charge in [0.1, 0.15) is 12.4 Å². The Hall–Kier alpha value is -3.07. The number of aryl methyl sites for hydroxylation is 2. The first-order valence-electron chi connectivity index (χ1n) is 10.8. The maximum atomic E-state index is 12.4. The number of carbonyl (C=O) groups is 1. The van der Waals surface area contributed by atoms with Gasteiger partial charge in [-0.15, -0.1) is 0 Å². The van der Waals surface area contributed by atoms with Gasteiger partial charge in [0.05, 0.1) is 12.2 Å². The van der Waals surface area contributed by atoms with Crippen LogP contribution >= 0.6 is 0 Å². The summed E-state index contributed by atoms with van der Waals surface area (Å²) in [5, 5.41) is 0. The lowest BCUT2D eigenvalue weighted by Gasteiger charge is -2.20. The van der Waals surface area contributed by atoms with Crippen LogP contribution in [0.2, 0.25) is 0 Å². The van der Waals surface area contributed by atoms with Crippen LogP contribution < -0.4 is 4.74 Å². The molecule has 0 spiro atoms. The van der Waals surface area contributed by atoms with Gasteiger partial charge < -0.3 is 9.47 Å². The van der Waals surface area contributed by atoms with Crippen molar-refractivity contribution in [1.29, 1.82) is 0 Å². The zero-order chi connectivity index (χ0) is 20.8. The van der Waals surface area contributed by atoms with E-state index in [-0.39, 0.29) is 5.97 Å². The summed E-state index contributed by atoms with van der Waals surface area (Å²) >= 11 is 0. The summed E-state index contributed by atoms with van der Waals surface area (Å²) in [6.07, 6.45) is 5.46. The number of ether oxygens (including phenoxy) is 2. The zero-order valence-electron chi connectivity index (χ0n) is 17.5. The molecule has 30 heavy (non-hydrogen) atoms. The van der Waals surface area contributed by atoms with E-state index in [0.717, 1.165) is 41.7 Å². The maximum Gasteiger partial charge on any atom is 0.338 e. The molecular formula is C27H28O3. The Morgan fingerprint density at radius 1 is 0.900 bits per heavy atom. The number of fused-ring (bicyclic) bond motifs is 1. The molecule has 0 heterocycles. The fourth-order valence-electron chi connectivity index (χ4n) is 3.94. The molecule has 3 heteroatoms. The van der Waals surface area contributed by atoms with E-state index in [4.69, 9.17) is 9.47 Å². The lowest BCUT2D eigenvalue weighted by molar-refractivity contribution is 0.0505. The van der Waals surface area contributed by atoms with Gasteiger partial charge in [0.15, 0.2) is 0 Å². The van der Waals surface area contributed by atoms with E-state index in [1.165, 1.54) is 24.0 Å². The summed E-state index contributed by atoms with van der Waals surface area (Å²) in [5.41, 5.74) is 6.51. The molecule has 0 atom stereocenters. The van der Waals surface area contributed by atoms with Crippen LogP contribution in [0.4, 0.5) is 0 Å². The smallest absolute Gasteiger partial charge is 0.338 e. The Morgan fingerprint density at radius 2 is 1.67 bits per heavy atom. The highest BCUT2D eigenvalue weighted by Gasteiger charge is 2.17. The third kappa shape index (κ3) is 4.73. The van der Waals surface area contributed by atoms with E-state index in [1.54, 1.807) is 0 Å². The number of benzene rings is 3. The Kier molecular flexibility index (Phi) is 6.48. The monoisotopic (exact) mass is 400 g/mol. The number of rotatable bonds is 7. The predicted molar refractivity (Wildman–Crippen MR) is 120 cm³/mol. The van der Waals surface area contributed by atoms with E-state index < -0.39 is 0 Å². The molecule has 1 aliphatic carbocycles. The number of esters is 1. The fourth-order valence-corrected chi connectivity index (χ4v) is 3.94. The molecule has 3 nitrogen and oxygen atoms in total. The van der Waals surface area contributed by atoms with Gasteiger partial charge in [0, 0.05) is 5.56 Å². The molecule has 0 aliphatic heterocycles. The van der Waals surface area contributed by atoms with E-state index in [1.807, 2.05) is 49.4 Å². The van der Waals surface area contributed by atoms with Gasteiger partial charge in [-0.1, -0.05) is 49.4 Å². The molecule has 0 amide bonds. The van der Waals surface area contributed by atoms with E-state index in [0.29, 0.717) is 18.8 Å². The standard InChI is InChI=1S/C27H28O3/c1-2-15-29-27(28)24-14-8-13-23(16-24)25-17-21-11-6-7-12-22(21)18-26(25)30-19-20-9-4-3-5-10-20/h3-5,8-10,13-14,16-18H,2,6-7,11-12,15,19H2,1H3. The van der Waals surface area contributed by atoms with Crippen molar-refractivity contribution in [3.63, 3.8) is 0 Å². The van der Waals surface area contributed by atoms with Gasteiger partial charge in [0.25, 0.3) is 0 Å². The van der Waals surface area contributed by atoms with Crippen molar-refractivity contribution in [1.82, 2.24) is 0 Å². The minimum absolute atomic E-state index is 0.275. The first-order valence-corrected chi connectivity index (χ1v) is 10.8. The Labute approximate surface area is 178 Å². The van der Waals surface area contributed by atoms with Crippen molar-refractivity contribution >= 4 is 5.97 Å². The van der Waals surface area contributed by atoms with Gasteiger partial charge >= 0.3 is 5.97 Å². The highest BCUT2D eigenvalue weighted by Crippen LogP contribution is 2.36. The Morgan fingerprint density at radius 3 is 2.43 bits per heavy atom. The SMILES string of the molecule is CCCOC(=O)c1cccc(-c2cc3c(cc2OCc2ccccc2)CCCC3)c1. The van der Waals surface area contributed by atoms with Crippen molar-refractivity contribution in [3.05, 3.63) is 89.0 Å². The van der Waals surface area contributed by atoms with Crippen molar-refractivity contribution < 1.29 is 14.3 Å². The topological polar surface area (TPSA) is 35.5 Å². The van der Waals surface area contributed by atoms with Crippen molar-refractivity contribution in [3.8, 4) is 16.9 Å². The Balaban J connectivity index is 1.68. The number of carbonyl (C=O) groups excluding carboxylic acids is 1. The molecule has 3 aromatic carbocycles. The summed E-state index contributed by atoms with van der Waals surface area (Å²) in [4.78, 5) is 12.4. The highest BCUT2D eigenvalue weighted by atomic mass is 16.5. The summed E-state index contributed by atoms with van der Waals surface area (Å²) in [6, 6.07) is 22.3. The van der Waals surface area contributed by atoms with E-state index >= 15 is 0 Å². The zero-order valence-corrected chi connectivity index (χ0v) is 17.5. The largest absolute Gasteiger partial charge is 0.488 e. The second-order valence-corrected chi connectivity index (χ2v) is 7.82. The minimum atomic E-state index is -0.275. The van der Waals surface area contributed by atoms with Gasteiger partial charge in [-0.2, -0.15) is 0 Å². The van der Waals surface area contributed by atoms with Crippen molar-refractivity contribution in [2.45, 2.75) is 45.6 Å². The molecule has 0 saturated carbocycles. The Bertz CT molecular complexity index is 1010. The van der Waals surface area contributed by atoms with Crippen LogP contribution in [0.15, 0.2) is 66.7 Å². The van der Waals surface area contributed by atoms with Crippen molar-refractivity contribution in [2.24, 2.45) is 0 Å². The number of hydrogen-bond donors (Lipinski definition) is 0. The molecule has 4 rings (SSSR count). The van der Waals surface area contributed by atoms with Crippen LogP contribution in [0.25, 0.3) is 11.1 Å². The van der Waals surface area contributed by atoms with Gasteiger partial charge in [-0.25, -0.2) is 4.79 Å². The minimum Gasteiger partial charge on any atom is -0.488 e. The maximum absolute atomic E-state index is 12.4. The highest BCUT2D eigenvalue weighted by molar-refractivity contribution is 5.91.